The van der Waals surface area contributed by atoms with E-state index < -0.39 is 0 Å². The van der Waals surface area contributed by atoms with Gasteiger partial charge in [-0.3, -0.25) is 4.79 Å². The maximum Gasteiger partial charge on any atom is 0.255 e. The summed E-state index contributed by atoms with van der Waals surface area (Å²) in [6, 6.07) is 11.0. The number of ether oxygens (including phenoxy) is 1. The summed E-state index contributed by atoms with van der Waals surface area (Å²) in [6.07, 6.45) is 3.28. The number of anilines is 1. The third-order valence-electron chi connectivity index (χ3n) is 3.33. The highest BCUT2D eigenvalue weighted by molar-refractivity contribution is 5.98. The molecule has 0 aliphatic heterocycles. The zero-order valence-corrected chi connectivity index (χ0v) is 13.7. The van der Waals surface area contributed by atoms with Gasteiger partial charge in [-0.05, 0) is 43.2 Å². The van der Waals surface area contributed by atoms with E-state index in [4.69, 9.17) is 10.5 Å². The standard InChI is InChI=1S/C19H21N3O2/c1-2-3-4-5-12-24-16-9-6-8-15(13-16)14-22-19(23)17-10-7-11-21-18(17)20/h6-11,13H,4-5,12,14H2,1H3,(H2,20,21)(H,22,23). The third-order valence-corrected chi connectivity index (χ3v) is 3.33. The third kappa shape index (κ3) is 5.33. The number of hydrogen-bond acceptors (Lipinski definition) is 4. The van der Waals surface area contributed by atoms with Gasteiger partial charge in [0.25, 0.3) is 5.91 Å². The fourth-order valence-electron chi connectivity index (χ4n) is 2.11. The van der Waals surface area contributed by atoms with Crippen molar-refractivity contribution in [3.63, 3.8) is 0 Å². The summed E-state index contributed by atoms with van der Waals surface area (Å²) in [7, 11) is 0. The molecular weight excluding hydrogens is 302 g/mol. The molecule has 1 amide bonds. The number of carbonyl (C=O) groups is 1. The van der Waals surface area contributed by atoms with Crippen LogP contribution in [0.5, 0.6) is 5.75 Å². The first-order valence-electron chi connectivity index (χ1n) is 7.80. The van der Waals surface area contributed by atoms with Gasteiger partial charge in [-0.2, -0.15) is 0 Å². The van der Waals surface area contributed by atoms with Crippen LogP contribution in [0.2, 0.25) is 0 Å². The molecule has 0 atom stereocenters. The lowest BCUT2D eigenvalue weighted by molar-refractivity contribution is 0.0951. The van der Waals surface area contributed by atoms with Crippen molar-refractivity contribution in [2.24, 2.45) is 0 Å². The molecule has 0 spiro atoms. The minimum absolute atomic E-state index is 0.224. The number of nitrogens with one attached hydrogen (secondary N) is 1. The minimum atomic E-state index is -0.245. The second-order valence-corrected chi connectivity index (χ2v) is 5.15. The van der Waals surface area contributed by atoms with Gasteiger partial charge in [0, 0.05) is 19.2 Å². The maximum atomic E-state index is 12.1. The fraction of sp³-hybridized carbons (Fsp3) is 0.263. The molecule has 24 heavy (non-hydrogen) atoms. The number of nitrogens with two attached hydrogens (primary N) is 1. The zero-order valence-electron chi connectivity index (χ0n) is 13.7. The van der Waals surface area contributed by atoms with E-state index in [9.17, 15) is 4.79 Å². The average molecular weight is 323 g/mol. The van der Waals surface area contributed by atoms with Crippen LogP contribution in [-0.4, -0.2) is 17.5 Å². The molecule has 0 saturated carbocycles. The molecule has 0 saturated heterocycles. The predicted octanol–water partition coefficient (Wildman–Crippen LogP) is 2.78. The summed E-state index contributed by atoms with van der Waals surface area (Å²) in [5, 5.41) is 2.83. The summed E-state index contributed by atoms with van der Waals surface area (Å²) in [6.45, 7) is 2.85. The van der Waals surface area contributed by atoms with Crippen molar-refractivity contribution in [3.05, 3.63) is 53.7 Å². The molecule has 0 aliphatic rings. The monoisotopic (exact) mass is 323 g/mol. The number of rotatable bonds is 7. The lowest BCUT2D eigenvalue weighted by atomic mass is 10.2. The lowest BCUT2D eigenvalue weighted by Gasteiger charge is -2.09. The van der Waals surface area contributed by atoms with E-state index in [-0.39, 0.29) is 11.7 Å². The van der Waals surface area contributed by atoms with Crippen LogP contribution in [-0.2, 0) is 6.54 Å². The molecule has 0 radical (unpaired) electrons. The van der Waals surface area contributed by atoms with E-state index in [1.807, 2.05) is 31.2 Å². The molecular formula is C19H21N3O2. The number of nitrogen functional groups attached to an aromatic ring is 1. The van der Waals surface area contributed by atoms with E-state index in [1.165, 1.54) is 0 Å². The smallest absolute Gasteiger partial charge is 0.255 e. The Morgan fingerprint density at radius 1 is 1.33 bits per heavy atom. The van der Waals surface area contributed by atoms with E-state index in [2.05, 4.69) is 22.1 Å². The number of unbranched alkanes of at least 4 members (excludes halogenated alkanes) is 1. The zero-order chi connectivity index (χ0) is 17.2. The Balaban J connectivity index is 1.86. The molecule has 0 unspecified atom stereocenters. The molecule has 1 aromatic carbocycles. The van der Waals surface area contributed by atoms with Crippen LogP contribution < -0.4 is 15.8 Å². The molecule has 1 heterocycles. The van der Waals surface area contributed by atoms with Crippen molar-refractivity contribution in [2.45, 2.75) is 26.3 Å². The molecule has 1 aromatic heterocycles. The van der Waals surface area contributed by atoms with Gasteiger partial charge in [0.05, 0.1) is 12.2 Å². The summed E-state index contributed by atoms with van der Waals surface area (Å²) in [5.41, 5.74) is 7.03. The Kier molecular flexibility index (Phi) is 6.66. The summed E-state index contributed by atoms with van der Waals surface area (Å²) < 4.78 is 5.69. The molecule has 124 valence electrons. The molecule has 0 bridgehead atoms. The van der Waals surface area contributed by atoms with Crippen molar-refractivity contribution < 1.29 is 9.53 Å². The summed E-state index contributed by atoms with van der Waals surface area (Å²) >= 11 is 0. The van der Waals surface area contributed by atoms with Crippen molar-refractivity contribution in [1.29, 1.82) is 0 Å². The van der Waals surface area contributed by atoms with E-state index in [0.29, 0.717) is 18.7 Å². The number of benzene rings is 1. The van der Waals surface area contributed by atoms with E-state index >= 15 is 0 Å². The largest absolute Gasteiger partial charge is 0.494 e. The Morgan fingerprint density at radius 2 is 2.21 bits per heavy atom. The topological polar surface area (TPSA) is 77.2 Å². The van der Waals surface area contributed by atoms with Crippen LogP contribution in [0.15, 0.2) is 42.6 Å². The quantitative estimate of drug-likeness (QED) is 0.607. The second-order valence-electron chi connectivity index (χ2n) is 5.15. The van der Waals surface area contributed by atoms with Gasteiger partial charge in [0.2, 0.25) is 0 Å². The number of carbonyl (C=O) groups excluding carboxylic acids is 1. The SMILES string of the molecule is CC#CCCCOc1cccc(CNC(=O)c2cccnc2N)c1. The van der Waals surface area contributed by atoms with Gasteiger partial charge in [-0.1, -0.05) is 12.1 Å². The van der Waals surface area contributed by atoms with Gasteiger partial charge in [-0.25, -0.2) is 4.98 Å². The number of pyridine rings is 1. The fourth-order valence-corrected chi connectivity index (χ4v) is 2.11. The van der Waals surface area contributed by atoms with Crippen LogP contribution >= 0.6 is 0 Å². The van der Waals surface area contributed by atoms with Gasteiger partial charge >= 0.3 is 0 Å². The molecule has 2 aromatic rings. The molecule has 0 aliphatic carbocycles. The van der Waals surface area contributed by atoms with Crippen molar-refractivity contribution in [1.82, 2.24) is 10.3 Å². The van der Waals surface area contributed by atoms with Gasteiger partial charge < -0.3 is 15.8 Å². The van der Waals surface area contributed by atoms with Crippen LogP contribution in [0.3, 0.4) is 0 Å². The van der Waals surface area contributed by atoms with Crippen LogP contribution in [0, 0.1) is 11.8 Å². The van der Waals surface area contributed by atoms with Crippen LogP contribution in [0.4, 0.5) is 5.82 Å². The van der Waals surface area contributed by atoms with Crippen molar-refractivity contribution in [3.8, 4) is 17.6 Å². The molecule has 2 rings (SSSR count). The minimum Gasteiger partial charge on any atom is -0.494 e. The van der Waals surface area contributed by atoms with Gasteiger partial charge in [0.1, 0.15) is 11.6 Å². The number of nitrogens with zero attached hydrogens (tertiary/aromatic N) is 1. The summed E-state index contributed by atoms with van der Waals surface area (Å²) in [5.74, 6) is 6.63. The first kappa shape index (κ1) is 17.4. The first-order valence-corrected chi connectivity index (χ1v) is 7.80. The number of hydrogen-bond donors (Lipinski definition) is 2. The molecule has 0 fully saturated rings. The Morgan fingerprint density at radius 3 is 3.00 bits per heavy atom. The van der Waals surface area contributed by atoms with Crippen LogP contribution in [0.25, 0.3) is 0 Å². The van der Waals surface area contributed by atoms with Crippen molar-refractivity contribution >= 4 is 11.7 Å². The second kappa shape index (κ2) is 9.21. The molecule has 5 heteroatoms. The maximum absolute atomic E-state index is 12.1. The van der Waals surface area contributed by atoms with Gasteiger partial charge in [0.15, 0.2) is 0 Å². The number of amides is 1. The average Bonchev–Trinajstić information content (AvgIpc) is 2.60. The Labute approximate surface area is 142 Å². The highest BCUT2D eigenvalue weighted by Crippen LogP contribution is 2.14. The Hall–Kier alpha value is -3.00. The van der Waals surface area contributed by atoms with E-state index in [1.54, 1.807) is 18.3 Å². The van der Waals surface area contributed by atoms with Crippen molar-refractivity contribution in [2.75, 3.05) is 12.3 Å². The predicted molar refractivity (Wildman–Crippen MR) is 94.4 cm³/mol. The highest BCUT2D eigenvalue weighted by atomic mass is 16.5. The molecule has 3 N–H and O–H groups in total. The lowest BCUT2D eigenvalue weighted by Crippen LogP contribution is -2.24. The molecule has 5 nitrogen and oxygen atoms in total. The highest BCUT2D eigenvalue weighted by Gasteiger charge is 2.09. The summed E-state index contributed by atoms with van der Waals surface area (Å²) in [4.78, 5) is 16.0. The normalized spacial score (nSPS) is 9.71. The Bertz CT molecular complexity index is 748. The van der Waals surface area contributed by atoms with Gasteiger partial charge in [-0.15, -0.1) is 11.8 Å². The van der Waals surface area contributed by atoms with E-state index in [0.717, 1.165) is 24.2 Å². The number of aromatic nitrogens is 1. The first-order chi connectivity index (χ1) is 11.7. The van der Waals surface area contributed by atoms with Crippen LogP contribution in [0.1, 0.15) is 35.7 Å².